The molecule has 1 aliphatic heterocycles. The maximum absolute atomic E-state index is 6.13. The van der Waals surface area contributed by atoms with Gasteiger partial charge in [0.05, 0.1) is 29.8 Å². The zero-order chi connectivity index (χ0) is 13.5. The highest BCUT2D eigenvalue weighted by atomic mass is 15.3. The minimum absolute atomic E-state index is 0.0508. The first-order chi connectivity index (χ1) is 9.83. The van der Waals surface area contributed by atoms with Crippen molar-refractivity contribution in [3.8, 4) is 0 Å². The molecule has 1 saturated heterocycles. The molecule has 0 saturated carbocycles. The second kappa shape index (κ2) is 4.24. The zero-order valence-corrected chi connectivity index (χ0v) is 10.6. The van der Waals surface area contributed by atoms with E-state index in [4.69, 9.17) is 5.73 Å². The third kappa shape index (κ3) is 1.64. The topological polar surface area (TPSA) is 96.6 Å². The smallest absolute Gasteiger partial charge is 0.180 e. The highest BCUT2D eigenvalue weighted by Gasteiger charge is 2.39. The van der Waals surface area contributed by atoms with Crippen molar-refractivity contribution in [2.75, 3.05) is 11.4 Å². The summed E-state index contributed by atoms with van der Waals surface area (Å²) in [5.74, 6) is 0. The second-order valence-corrected chi connectivity index (χ2v) is 4.88. The van der Waals surface area contributed by atoms with Crippen molar-refractivity contribution < 1.29 is 0 Å². The minimum atomic E-state index is 0.0508. The summed E-state index contributed by atoms with van der Waals surface area (Å²) < 4.78 is 0. The molecular weight excluding hydrogens is 254 g/mol. The monoisotopic (exact) mass is 267 g/mol. The molecule has 2 unspecified atom stereocenters. The second-order valence-electron chi connectivity index (χ2n) is 4.88. The number of fused-ring (bicyclic) bond motifs is 1. The summed E-state index contributed by atoms with van der Waals surface area (Å²) in [5, 5.41) is 7.85. The molecule has 0 aliphatic carbocycles. The van der Waals surface area contributed by atoms with Gasteiger partial charge in [0.15, 0.2) is 5.65 Å². The van der Waals surface area contributed by atoms with Gasteiger partial charge in [-0.1, -0.05) is 0 Å². The first-order valence-corrected chi connectivity index (χ1v) is 6.40. The van der Waals surface area contributed by atoms with Crippen LogP contribution in [0.15, 0.2) is 37.1 Å². The van der Waals surface area contributed by atoms with Gasteiger partial charge in [0.1, 0.15) is 0 Å². The van der Waals surface area contributed by atoms with Gasteiger partial charge in [-0.15, -0.1) is 0 Å². The van der Waals surface area contributed by atoms with Gasteiger partial charge in [-0.05, 0) is 6.07 Å². The molecular formula is C13H13N7. The molecule has 0 spiro atoms. The molecule has 1 aliphatic rings. The standard InChI is InChI=1S/C13H13N7/c14-10-7-20(12(10)11-6-15-1-2-16-11)9-3-8-4-18-19-13(8)17-5-9/h1-6,10,12H,7,14H2,(H,17,18,19). The maximum Gasteiger partial charge on any atom is 0.180 e. The number of nitrogens with two attached hydrogens (primary N) is 1. The van der Waals surface area contributed by atoms with E-state index in [1.807, 2.05) is 12.4 Å². The lowest BCUT2D eigenvalue weighted by Gasteiger charge is -2.47. The molecule has 3 aromatic heterocycles. The number of pyridine rings is 1. The van der Waals surface area contributed by atoms with Crippen LogP contribution in [0.2, 0.25) is 0 Å². The van der Waals surface area contributed by atoms with Crippen LogP contribution in [-0.2, 0) is 0 Å². The summed E-state index contributed by atoms with van der Waals surface area (Å²) in [6, 6.07) is 2.17. The molecule has 0 radical (unpaired) electrons. The van der Waals surface area contributed by atoms with Crippen LogP contribution in [0, 0.1) is 0 Å². The van der Waals surface area contributed by atoms with Gasteiger partial charge >= 0.3 is 0 Å². The highest BCUT2D eigenvalue weighted by molar-refractivity contribution is 5.78. The molecule has 0 aromatic carbocycles. The summed E-state index contributed by atoms with van der Waals surface area (Å²) >= 11 is 0. The zero-order valence-electron chi connectivity index (χ0n) is 10.6. The lowest BCUT2D eigenvalue weighted by molar-refractivity contribution is 0.382. The SMILES string of the molecule is NC1CN(c2cnc3n[nH]cc3c2)C1c1cnccn1. The van der Waals surface area contributed by atoms with E-state index < -0.39 is 0 Å². The Morgan fingerprint density at radius 2 is 2.20 bits per heavy atom. The van der Waals surface area contributed by atoms with Crippen molar-refractivity contribution in [2.45, 2.75) is 12.1 Å². The fourth-order valence-corrected chi connectivity index (χ4v) is 2.62. The van der Waals surface area contributed by atoms with Gasteiger partial charge in [-0.2, -0.15) is 5.10 Å². The number of hydrogen-bond donors (Lipinski definition) is 2. The van der Waals surface area contributed by atoms with E-state index in [2.05, 4.69) is 36.1 Å². The number of hydrogen-bond acceptors (Lipinski definition) is 6. The van der Waals surface area contributed by atoms with Gasteiger partial charge in [0.25, 0.3) is 0 Å². The summed E-state index contributed by atoms with van der Waals surface area (Å²) in [7, 11) is 0. The number of nitrogens with zero attached hydrogens (tertiary/aromatic N) is 5. The van der Waals surface area contributed by atoms with E-state index in [9.17, 15) is 0 Å². The Bertz CT molecular complexity index is 739. The van der Waals surface area contributed by atoms with Crippen LogP contribution in [0.25, 0.3) is 11.0 Å². The van der Waals surface area contributed by atoms with Crippen molar-refractivity contribution >= 4 is 16.7 Å². The van der Waals surface area contributed by atoms with Gasteiger partial charge in [0.2, 0.25) is 0 Å². The Balaban J connectivity index is 1.71. The van der Waals surface area contributed by atoms with Crippen LogP contribution in [0.5, 0.6) is 0 Å². The van der Waals surface area contributed by atoms with Crippen LogP contribution in [0.3, 0.4) is 0 Å². The van der Waals surface area contributed by atoms with E-state index >= 15 is 0 Å². The molecule has 3 aromatic rings. The average molecular weight is 267 g/mol. The number of H-pyrrole nitrogens is 1. The predicted molar refractivity (Wildman–Crippen MR) is 74.0 cm³/mol. The minimum Gasteiger partial charge on any atom is -0.358 e. The largest absolute Gasteiger partial charge is 0.358 e. The molecule has 3 N–H and O–H groups in total. The van der Waals surface area contributed by atoms with Crippen molar-refractivity contribution in [3.05, 3.63) is 42.7 Å². The lowest BCUT2D eigenvalue weighted by Crippen LogP contribution is -2.58. The number of aromatic amines is 1. The Kier molecular flexibility index (Phi) is 2.40. The summed E-state index contributed by atoms with van der Waals surface area (Å²) in [6.07, 6.45) is 8.77. The molecule has 2 atom stereocenters. The Morgan fingerprint density at radius 3 is 3.00 bits per heavy atom. The quantitative estimate of drug-likeness (QED) is 0.707. The van der Waals surface area contributed by atoms with Gasteiger partial charge in [-0.25, -0.2) is 4.98 Å². The van der Waals surface area contributed by atoms with E-state index in [0.717, 1.165) is 29.0 Å². The van der Waals surface area contributed by atoms with Crippen LogP contribution in [-0.4, -0.2) is 37.7 Å². The first kappa shape index (κ1) is 11.3. The predicted octanol–water partition coefficient (Wildman–Crippen LogP) is 0.636. The molecule has 0 amide bonds. The highest BCUT2D eigenvalue weighted by Crippen LogP contribution is 2.36. The molecule has 1 fully saturated rings. The fourth-order valence-electron chi connectivity index (χ4n) is 2.62. The Hall–Kier alpha value is -2.54. The normalized spacial score (nSPS) is 21.9. The molecule has 4 rings (SSSR count). The summed E-state index contributed by atoms with van der Waals surface area (Å²) in [6.45, 7) is 0.784. The molecule has 20 heavy (non-hydrogen) atoms. The number of rotatable bonds is 2. The number of anilines is 1. The molecule has 100 valence electrons. The number of nitrogens with one attached hydrogen (secondary N) is 1. The molecule has 0 bridgehead atoms. The molecule has 7 nitrogen and oxygen atoms in total. The van der Waals surface area contributed by atoms with Crippen LogP contribution in [0.1, 0.15) is 11.7 Å². The van der Waals surface area contributed by atoms with E-state index in [1.54, 1.807) is 18.6 Å². The van der Waals surface area contributed by atoms with Gasteiger partial charge in [0, 0.05) is 36.6 Å². The van der Waals surface area contributed by atoms with Crippen molar-refractivity contribution in [1.82, 2.24) is 25.1 Å². The fraction of sp³-hybridized carbons (Fsp3) is 0.231. The average Bonchev–Trinajstić information content (AvgIpc) is 2.93. The lowest BCUT2D eigenvalue weighted by atomic mass is 9.93. The van der Waals surface area contributed by atoms with Gasteiger partial charge in [-0.3, -0.25) is 15.1 Å². The number of aromatic nitrogens is 5. The molecule has 4 heterocycles. The van der Waals surface area contributed by atoms with Crippen molar-refractivity contribution in [3.63, 3.8) is 0 Å². The van der Waals surface area contributed by atoms with Crippen LogP contribution < -0.4 is 10.6 Å². The Labute approximate surface area is 114 Å². The third-order valence-corrected chi connectivity index (χ3v) is 3.64. The van der Waals surface area contributed by atoms with E-state index in [-0.39, 0.29) is 12.1 Å². The van der Waals surface area contributed by atoms with Crippen LogP contribution in [0.4, 0.5) is 5.69 Å². The van der Waals surface area contributed by atoms with Crippen molar-refractivity contribution in [1.29, 1.82) is 0 Å². The van der Waals surface area contributed by atoms with Gasteiger partial charge < -0.3 is 10.6 Å². The molecule has 7 heteroatoms. The van der Waals surface area contributed by atoms with Crippen molar-refractivity contribution in [2.24, 2.45) is 5.73 Å². The van der Waals surface area contributed by atoms with Crippen LogP contribution >= 0.6 is 0 Å². The summed E-state index contributed by atoms with van der Waals surface area (Å²) in [5.41, 5.74) is 8.76. The van der Waals surface area contributed by atoms with E-state index in [0.29, 0.717) is 0 Å². The van der Waals surface area contributed by atoms with E-state index in [1.165, 1.54) is 0 Å². The first-order valence-electron chi connectivity index (χ1n) is 6.40. The maximum atomic E-state index is 6.13. The third-order valence-electron chi connectivity index (χ3n) is 3.64. The Morgan fingerprint density at radius 1 is 1.25 bits per heavy atom. The summed E-state index contributed by atoms with van der Waals surface area (Å²) in [4.78, 5) is 15.0.